The third-order valence-electron chi connectivity index (χ3n) is 5.06. The largest absolute Gasteiger partial charge is 0.444 e. The number of hydrogen-bond acceptors (Lipinski definition) is 5. The van der Waals surface area contributed by atoms with Crippen molar-refractivity contribution in [3.05, 3.63) is 34.9 Å². The van der Waals surface area contributed by atoms with E-state index in [0.29, 0.717) is 25.2 Å². The number of alkyl carbamates (subject to hydrolysis) is 1. The summed E-state index contributed by atoms with van der Waals surface area (Å²) in [5, 5.41) is 14.3. The first-order valence-electron chi connectivity index (χ1n) is 11.1. The van der Waals surface area contributed by atoms with E-state index in [0.717, 1.165) is 11.1 Å². The maximum atomic E-state index is 12.5. The van der Waals surface area contributed by atoms with Crippen molar-refractivity contribution < 1.29 is 24.1 Å². The molecule has 0 radical (unpaired) electrons. The summed E-state index contributed by atoms with van der Waals surface area (Å²) in [6.07, 6.45) is -1.44. The van der Waals surface area contributed by atoms with E-state index in [4.69, 9.17) is 14.2 Å². The first-order chi connectivity index (χ1) is 14.1. The molecule has 1 fully saturated rings. The Hall–Kier alpha value is -1.63. The predicted molar refractivity (Wildman–Crippen MR) is 122 cm³/mol. The Bertz CT molecular complexity index is 749. The van der Waals surface area contributed by atoms with E-state index in [-0.39, 0.29) is 10.8 Å². The zero-order valence-corrected chi connectivity index (χ0v) is 20.7. The van der Waals surface area contributed by atoms with E-state index in [1.165, 1.54) is 0 Å². The standard InChI is InChI=1S/C25H41NO5/c1-23(2,3)15-19(26-22(28)31-25(7,8)9)20(27)17-11-10-16(24(4,5)6)14-18(17)21-29-12-13-30-21/h10-11,14,19-21,27H,12-13,15H2,1-9H3,(H,26,28)/t19-,20+/m1/s1. The lowest BCUT2D eigenvalue weighted by molar-refractivity contribution is -0.0466. The zero-order chi connectivity index (χ0) is 23.6. The molecule has 1 aliphatic rings. The van der Waals surface area contributed by atoms with Crippen molar-refractivity contribution >= 4 is 6.09 Å². The molecule has 6 nitrogen and oxygen atoms in total. The summed E-state index contributed by atoms with van der Waals surface area (Å²) in [5.74, 6) is 0. The summed E-state index contributed by atoms with van der Waals surface area (Å²) in [6, 6.07) is 5.47. The van der Waals surface area contributed by atoms with Crippen LogP contribution in [0.25, 0.3) is 0 Å². The zero-order valence-electron chi connectivity index (χ0n) is 20.7. The highest BCUT2D eigenvalue weighted by atomic mass is 16.7. The molecule has 1 aromatic carbocycles. The molecular weight excluding hydrogens is 394 g/mol. The van der Waals surface area contributed by atoms with Gasteiger partial charge in [-0.3, -0.25) is 0 Å². The van der Waals surface area contributed by atoms with Gasteiger partial charge in [0.2, 0.25) is 0 Å². The minimum atomic E-state index is -0.941. The Morgan fingerprint density at radius 1 is 1.10 bits per heavy atom. The van der Waals surface area contributed by atoms with Crippen LogP contribution in [0.2, 0.25) is 0 Å². The molecular formula is C25H41NO5. The minimum absolute atomic E-state index is 0.0591. The number of ether oxygens (including phenoxy) is 3. The molecule has 176 valence electrons. The second kappa shape index (κ2) is 9.47. The van der Waals surface area contributed by atoms with Gasteiger partial charge in [0.15, 0.2) is 6.29 Å². The lowest BCUT2D eigenvalue weighted by atomic mass is 9.81. The molecule has 0 aromatic heterocycles. The molecule has 1 aromatic rings. The van der Waals surface area contributed by atoms with E-state index in [1.54, 1.807) is 0 Å². The molecule has 1 saturated heterocycles. The Balaban J connectivity index is 2.41. The monoisotopic (exact) mass is 435 g/mol. The third-order valence-corrected chi connectivity index (χ3v) is 5.06. The number of rotatable bonds is 5. The fourth-order valence-corrected chi connectivity index (χ4v) is 3.63. The first kappa shape index (κ1) is 25.6. The van der Waals surface area contributed by atoms with Crippen LogP contribution >= 0.6 is 0 Å². The van der Waals surface area contributed by atoms with Gasteiger partial charge >= 0.3 is 6.09 Å². The topological polar surface area (TPSA) is 77.0 Å². The fraction of sp³-hybridized carbons (Fsp3) is 0.720. The van der Waals surface area contributed by atoms with Crippen molar-refractivity contribution in [2.75, 3.05) is 13.2 Å². The van der Waals surface area contributed by atoms with Gasteiger partial charge in [-0.2, -0.15) is 0 Å². The van der Waals surface area contributed by atoms with Gasteiger partial charge in [-0.1, -0.05) is 53.7 Å². The van der Waals surface area contributed by atoms with Crippen LogP contribution < -0.4 is 5.32 Å². The molecule has 0 unspecified atom stereocenters. The summed E-state index contributed by atoms with van der Waals surface area (Å²) < 4.78 is 17.0. The molecule has 0 spiro atoms. The predicted octanol–water partition coefficient (Wildman–Crippen LogP) is 5.39. The molecule has 2 rings (SSSR count). The van der Waals surface area contributed by atoms with Crippen molar-refractivity contribution in [3.63, 3.8) is 0 Å². The summed E-state index contributed by atoms with van der Waals surface area (Å²) in [5.41, 5.74) is 1.84. The normalized spacial score (nSPS) is 18.0. The van der Waals surface area contributed by atoms with Crippen LogP contribution in [-0.4, -0.2) is 36.1 Å². The Labute approximate surface area is 187 Å². The molecule has 0 saturated carbocycles. The lowest BCUT2D eigenvalue weighted by Crippen LogP contribution is -2.44. The molecule has 2 N–H and O–H groups in total. The number of hydrogen-bond donors (Lipinski definition) is 2. The van der Waals surface area contributed by atoms with E-state index < -0.39 is 30.1 Å². The number of amides is 1. The second-order valence-electron chi connectivity index (χ2n) is 11.6. The van der Waals surface area contributed by atoms with Crippen LogP contribution in [0, 0.1) is 5.41 Å². The molecule has 0 aliphatic carbocycles. The van der Waals surface area contributed by atoms with Crippen molar-refractivity contribution in [1.82, 2.24) is 5.32 Å². The molecule has 1 heterocycles. The molecule has 6 heteroatoms. The molecule has 31 heavy (non-hydrogen) atoms. The summed E-state index contributed by atoms with van der Waals surface area (Å²) >= 11 is 0. The van der Waals surface area contributed by atoms with Crippen molar-refractivity contribution in [3.8, 4) is 0 Å². The average molecular weight is 436 g/mol. The van der Waals surface area contributed by atoms with Crippen molar-refractivity contribution in [1.29, 1.82) is 0 Å². The number of nitrogens with one attached hydrogen (secondary N) is 1. The Morgan fingerprint density at radius 2 is 1.68 bits per heavy atom. The van der Waals surface area contributed by atoms with E-state index in [1.807, 2.05) is 32.9 Å². The van der Waals surface area contributed by atoms with Gasteiger partial charge in [-0.15, -0.1) is 0 Å². The number of carbonyl (C=O) groups is 1. The van der Waals surface area contributed by atoms with Crippen molar-refractivity contribution in [2.24, 2.45) is 5.41 Å². The average Bonchev–Trinajstić information content (AvgIpc) is 3.10. The number of aliphatic hydroxyl groups is 1. The van der Waals surface area contributed by atoms with Gasteiger partial charge in [0.05, 0.1) is 25.4 Å². The smallest absolute Gasteiger partial charge is 0.407 e. The summed E-state index contributed by atoms with van der Waals surface area (Å²) in [6.45, 7) is 19.2. The van der Waals surface area contributed by atoms with E-state index in [9.17, 15) is 9.90 Å². The maximum absolute atomic E-state index is 12.5. The highest BCUT2D eigenvalue weighted by molar-refractivity contribution is 5.68. The van der Waals surface area contributed by atoms with E-state index >= 15 is 0 Å². The highest BCUT2D eigenvalue weighted by Crippen LogP contribution is 2.37. The molecule has 0 bridgehead atoms. The SMILES string of the molecule is CC(C)(C)C[C@@H](NC(=O)OC(C)(C)C)[C@@H](O)c1ccc(C(C)(C)C)cc1C1OCCO1. The van der Waals surface area contributed by atoms with Crippen LogP contribution in [0.4, 0.5) is 4.79 Å². The minimum Gasteiger partial charge on any atom is -0.444 e. The quantitative estimate of drug-likeness (QED) is 0.648. The Morgan fingerprint density at radius 3 is 2.16 bits per heavy atom. The first-order valence-corrected chi connectivity index (χ1v) is 11.1. The van der Waals surface area contributed by atoms with Crippen LogP contribution in [0.15, 0.2) is 18.2 Å². The van der Waals surface area contributed by atoms with Crippen LogP contribution in [0.3, 0.4) is 0 Å². The molecule has 2 atom stereocenters. The summed E-state index contributed by atoms with van der Waals surface area (Å²) in [4.78, 5) is 12.5. The lowest BCUT2D eigenvalue weighted by Gasteiger charge is -2.33. The van der Waals surface area contributed by atoms with Crippen LogP contribution in [0.5, 0.6) is 0 Å². The maximum Gasteiger partial charge on any atom is 0.407 e. The summed E-state index contributed by atoms with van der Waals surface area (Å²) in [7, 11) is 0. The number of carbonyl (C=O) groups excluding carboxylic acids is 1. The second-order valence-corrected chi connectivity index (χ2v) is 11.6. The molecule has 1 aliphatic heterocycles. The van der Waals surface area contributed by atoms with E-state index in [2.05, 4.69) is 52.9 Å². The van der Waals surface area contributed by atoms with Gasteiger partial charge in [0, 0.05) is 5.56 Å². The van der Waals surface area contributed by atoms with Gasteiger partial charge in [0.25, 0.3) is 0 Å². The van der Waals surface area contributed by atoms with Gasteiger partial charge < -0.3 is 24.6 Å². The third kappa shape index (κ3) is 7.78. The van der Waals surface area contributed by atoms with Crippen molar-refractivity contribution in [2.45, 2.75) is 98.2 Å². The van der Waals surface area contributed by atoms with Gasteiger partial charge in [-0.25, -0.2) is 4.79 Å². The molecule has 1 amide bonds. The number of benzene rings is 1. The highest BCUT2D eigenvalue weighted by Gasteiger charge is 2.33. The fourth-order valence-electron chi connectivity index (χ4n) is 3.63. The number of aliphatic hydroxyl groups excluding tert-OH is 1. The van der Waals surface area contributed by atoms with Crippen LogP contribution in [-0.2, 0) is 19.6 Å². The Kier molecular flexibility index (Phi) is 7.83. The van der Waals surface area contributed by atoms with Gasteiger partial charge in [-0.05, 0) is 55.2 Å². The van der Waals surface area contributed by atoms with Gasteiger partial charge in [0.1, 0.15) is 5.60 Å². The van der Waals surface area contributed by atoms with Crippen LogP contribution in [0.1, 0.15) is 97.8 Å².